The number of aromatic nitrogens is 1. The largest absolute Gasteiger partial charge is 0.256 e. The molecule has 0 saturated heterocycles. The van der Waals surface area contributed by atoms with Crippen molar-refractivity contribution in [2.24, 2.45) is 5.92 Å². The first-order chi connectivity index (χ1) is 10.8. The molecule has 0 bridgehead atoms. The summed E-state index contributed by atoms with van der Waals surface area (Å²) in [6.45, 7) is 4.41. The van der Waals surface area contributed by atoms with Crippen LogP contribution in [0.2, 0.25) is 0 Å². The molecular weight excluding hydrogens is 266 g/mol. The minimum atomic E-state index is 0.533. The maximum absolute atomic E-state index is 4.71. The molecule has 22 heavy (non-hydrogen) atoms. The molecule has 0 radical (unpaired) electrons. The second-order valence-electron chi connectivity index (χ2n) is 6.03. The van der Waals surface area contributed by atoms with Gasteiger partial charge in [0.25, 0.3) is 0 Å². The first-order valence-electron chi connectivity index (χ1n) is 8.16. The number of nitrogens with zero attached hydrogens (tertiary/aromatic N) is 1. The molecule has 1 aromatic carbocycles. The lowest BCUT2D eigenvalue weighted by Crippen LogP contribution is -2.08. The molecule has 112 valence electrons. The maximum Gasteiger partial charge on any atom is 0.0742 e. The van der Waals surface area contributed by atoms with Crippen LogP contribution in [0.3, 0.4) is 0 Å². The highest BCUT2D eigenvalue weighted by Crippen LogP contribution is 2.36. The van der Waals surface area contributed by atoms with Gasteiger partial charge < -0.3 is 0 Å². The summed E-state index contributed by atoms with van der Waals surface area (Å²) in [5.41, 5.74) is 3.98. The number of hydrogen-bond acceptors (Lipinski definition) is 1. The Labute approximate surface area is 133 Å². The van der Waals surface area contributed by atoms with E-state index in [-0.39, 0.29) is 0 Å². The van der Waals surface area contributed by atoms with E-state index in [4.69, 9.17) is 4.98 Å². The average Bonchev–Trinajstić information content (AvgIpc) is 2.55. The highest BCUT2D eigenvalue weighted by molar-refractivity contribution is 5.92. The number of pyridine rings is 1. The molecule has 2 aromatic rings. The third kappa shape index (κ3) is 3.04. The number of hydrogen-bond donors (Lipinski definition) is 0. The zero-order valence-electron chi connectivity index (χ0n) is 13.4. The summed E-state index contributed by atoms with van der Waals surface area (Å²) in [6.07, 6.45) is 14.4. The Hall–Kier alpha value is -2.15. The average molecular weight is 289 g/mol. The Kier molecular flexibility index (Phi) is 4.53. The minimum absolute atomic E-state index is 0.533. The van der Waals surface area contributed by atoms with Crippen LogP contribution in [-0.2, 0) is 0 Å². The maximum atomic E-state index is 4.71. The molecule has 0 N–H and O–H groups in total. The zero-order valence-corrected chi connectivity index (χ0v) is 13.4. The summed E-state index contributed by atoms with van der Waals surface area (Å²) in [5.74, 6) is 0.533. The van der Waals surface area contributed by atoms with Crippen LogP contribution in [0.4, 0.5) is 0 Å². The fourth-order valence-corrected chi connectivity index (χ4v) is 3.19. The van der Waals surface area contributed by atoms with E-state index < -0.39 is 0 Å². The highest BCUT2D eigenvalue weighted by Gasteiger charge is 2.20. The molecule has 1 nitrogen and oxygen atoms in total. The summed E-state index contributed by atoms with van der Waals surface area (Å²) >= 11 is 0. The van der Waals surface area contributed by atoms with Gasteiger partial charge in [-0.15, -0.1) is 0 Å². The van der Waals surface area contributed by atoms with Gasteiger partial charge >= 0.3 is 0 Å². The van der Waals surface area contributed by atoms with Crippen LogP contribution in [-0.4, -0.2) is 4.98 Å². The van der Waals surface area contributed by atoms with E-state index in [2.05, 4.69) is 68.5 Å². The van der Waals surface area contributed by atoms with Gasteiger partial charge in [0.05, 0.1) is 5.69 Å². The first-order valence-corrected chi connectivity index (χ1v) is 8.16. The van der Waals surface area contributed by atoms with Crippen molar-refractivity contribution < 1.29 is 0 Å². The molecule has 1 heteroatoms. The molecule has 1 aromatic heterocycles. The van der Waals surface area contributed by atoms with E-state index in [9.17, 15) is 0 Å². The third-order valence-corrected chi connectivity index (χ3v) is 4.33. The summed E-state index contributed by atoms with van der Waals surface area (Å²) in [5, 5.41) is 2.52. The summed E-state index contributed by atoms with van der Waals surface area (Å²) in [4.78, 5) is 4.71. The van der Waals surface area contributed by atoms with Crippen molar-refractivity contribution in [2.45, 2.75) is 33.1 Å². The molecule has 0 saturated carbocycles. The third-order valence-electron chi connectivity index (χ3n) is 4.33. The van der Waals surface area contributed by atoms with Gasteiger partial charge in [-0.25, -0.2) is 0 Å². The van der Waals surface area contributed by atoms with E-state index in [0.717, 1.165) is 25.0 Å². The van der Waals surface area contributed by atoms with Gasteiger partial charge in [0.2, 0.25) is 0 Å². The fraction of sp³-hybridized carbons (Fsp3) is 0.286. The predicted octanol–water partition coefficient (Wildman–Crippen LogP) is 5.94. The Balaban J connectivity index is 2.04. The lowest BCUT2D eigenvalue weighted by atomic mass is 9.82. The topological polar surface area (TPSA) is 12.9 Å². The van der Waals surface area contributed by atoms with Crippen LogP contribution in [0.15, 0.2) is 66.4 Å². The van der Waals surface area contributed by atoms with Gasteiger partial charge in [-0.05, 0) is 49.1 Å². The summed E-state index contributed by atoms with van der Waals surface area (Å²) < 4.78 is 0. The van der Waals surface area contributed by atoms with Crippen molar-refractivity contribution in [1.29, 1.82) is 0 Å². The number of fused-ring (bicyclic) bond motifs is 1. The van der Waals surface area contributed by atoms with Crippen molar-refractivity contribution in [1.82, 2.24) is 4.98 Å². The second kappa shape index (κ2) is 6.74. The Morgan fingerprint density at radius 2 is 2.00 bits per heavy atom. The molecule has 0 fully saturated rings. The SMILES string of the molecule is CCC=CCC1CC(C)=CC=C1c1nccc2ccccc12. The van der Waals surface area contributed by atoms with Crippen LogP contribution in [0.1, 0.15) is 38.8 Å². The van der Waals surface area contributed by atoms with Crippen molar-refractivity contribution >= 4 is 16.3 Å². The van der Waals surface area contributed by atoms with Gasteiger partial charge in [0.1, 0.15) is 0 Å². The molecule has 1 atom stereocenters. The lowest BCUT2D eigenvalue weighted by Gasteiger charge is -2.23. The molecule has 1 aliphatic rings. The summed E-state index contributed by atoms with van der Waals surface area (Å²) in [6, 6.07) is 10.6. The lowest BCUT2D eigenvalue weighted by molar-refractivity contribution is 0.663. The van der Waals surface area contributed by atoms with Crippen molar-refractivity contribution in [3.05, 3.63) is 72.1 Å². The molecular formula is C21H23N. The van der Waals surface area contributed by atoms with Crippen molar-refractivity contribution in [2.75, 3.05) is 0 Å². The highest BCUT2D eigenvalue weighted by atomic mass is 14.7. The van der Waals surface area contributed by atoms with Gasteiger partial charge in [0, 0.05) is 11.6 Å². The molecule has 1 aliphatic carbocycles. The van der Waals surface area contributed by atoms with Gasteiger partial charge in [-0.2, -0.15) is 0 Å². The monoisotopic (exact) mass is 289 g/mol. The van der Waals surface area contributed by atoms with Crippen LogP contribution in [0, 0.1) is 5.92 Å². The Morgan fingerprint density at radius 1 is 1.14 bits per heavy atom. The Morgan fingerprint density at radius 3 is 2.86 bits per heavy atom. The van der Waals surface area contributed by atoms with E-state index in [1.165, 1.54) is 21.9 Å². The molecule has 1 heterocycles. The van der Waals surface area contributed by atoms with E-state index in [1.54, 1.807) is 0 Å². The van der Waals surface area contributed by atoms with E-state index >= 15 is 0 Å². The van der Waals surface area contributed by atoms with Crippen molar-refractivity contribution in [3.8, 4) is 0 Å². The molecule has 1 unspecified atom stereocenters. The minimum Gasteiger partial charge on any atom is -0.256 e. The van der Waals surface area contributed by atoms with Gasteiger partial charge in [0.15, 0.2) is 0 Å². The smallest absolute Gasteiger partial charge is 0.0742 e. The molecule has 0 spiro atoms. The summed E-state index contributed by atoms with van der Waals surface area (Å²) in [7, 11) is 0. The quantitative estimate of drug-likeness (QED) is 0.635. The molecule has 0 aliphatic heterocycles. The zero-order chi connectivity index (χ0) is 15.4. The molecule has 0 amide bonds. The normalized spacial score (nSPS) is 18.5. The number of benzene rings is 1. The number of allylic oxidation sites excluding steroid dienone is 6. The van der Waals surface area contributed by atoms with E-state index in [1.807, 2.05) is 6.20 Å². The second-order valence-corrected chi connectivity index (χ2v) is 6.03. The first kappa shape index (κ1) is 14.8. The predicted molar refractivity (Wildman–Crippen MR) is 95.6 cm³/mol. The number of rotatable bonds is 4. The van der Waals surface area contributed by atoms with Crippen LogP contribution in [0.5, 0.6) is 0 Å². The van der Waals surface area contributed by atoms with Gasteiger partial charge in [-0.1, -0.05) is 61.1 Å². The van der Waals surface area contributed by atoms with E-state index in [0.29, 0.717) is 5.92 Å². The van der Waals surface area contributed by atoms with Crippen LogP contribution in [0.25, 0.3) is 16.3 Å². The molecule has 3 rings (SSSR count). The van der Waals surface area contributed by atoms with Gasteiger partial charge in [-0.3, -0.25) is 4.98 Å². The standard InChI is InChI=1S/C21H23N/c1-3-4-5-9-18-15-16(2)11-12-20(18)21-19-10-7-6-8-17(19)13-14-22-21/h4-8,10-14,18H,3,9,15H2,1-2H3. The Bertz CT molecular complexity index is 744. The van der Waals surface area contributed by atoms with Crippen molar-refractivity contribution in [3.63, 3.8) is 0 Å². The van der Waals surface area contributed by atoms with Crippen LogP contribution < -0.4 is 0 Å². The van der Waals surface area contributed by atoms with Crippen LogP contribution >= 0.6 is 0 Å². The fourth-order valence-electron chi connectivity index (χ4n) is 3.19.